The second-order valence-corrected chi connectivity index (χ2v) is 10.3. The molecular weight excluding hydrogens is 454 g/mol. The van der Waals surface area contributed by atoms with E-state index < -0.39 is 10.0 Å². The van der Waals surface area contributed by atoms with Crippen molar-refractivity contribution in [3.63, 3.8) is 0 Å². The third-order valence-electron chi connectivity index (χ3n) is 6.38. The summed E-state index contributed by atoms with van der Waals surface area (Å²) < 4.78 is 55.7. The van der Waals surface area contributed by atoms with Crippen molar-refractivity contribution in [1.29, 1.82) is 0 Å². The van der Waals surface area contributed by atoms with E-state index in [-0.39, 0.29) is 17.7 Å². The maximum absolute atomic E-state index is 13.6. The van der Waals surface area contributed by atoms with Crippen LogP contribution in [0, 0.1) is 11.6 Å². The second-order valence-electron chi connectivity index (χ2n) is 8.42. The minimum atomic E-state index is -3.67. The fourth-order valence-corrected chi connectivity index (χ4v) is 6.30. The molecule has 0 amide bonds. The molecule has 4 aromatic rings. The summed E-state index contributed by atoms with van der Waals surface area (Å²) in [5, 5.41) is 1.60. The summed E-state index contributed by atoms with van der Waals surface area (Å²) in [6.07, 6.45) is 0. The Morgan fingerprint density at radius 3 is 1.76 bits per heavy atom. The lowest BCUT2D eigenvalue weighted by Gasteiger charge is -2.39. The van der Waals surface area contributed by atoms with Crippen LogP contribution in [0.2, 0.25) is 0 Å². The molecule has 0 saturated carbocycles. The molecule has 0 atom stereocenters. The quantitative estimate of drug-likeness (QED) is 0.395. The highest BCUT2D eigenvalue weighted by Crippen LogP contribution is 2.32. The van der Waals surface area contributed by atoms with Crippen LogP contribution in [-0.4, -0.2) is 43.8 Å². The molecule has 0 spiro atoms. The Labute approximate surface area is 198 Å². The van der Waals surface area contributed by atoms with Crippen molar-refractivity contribution in [3.05, 3.63) is 114 Å². The molecule has 4 aromatic carbocycles. The highest BCUT2D eigenvalue weighted by atomic mass is 32.2. The van der Waals surface area contributed by atoms with Gasteiger partial charge in [-0.25, -0.2) is 17.2 Å². The van der Waals surface area contributed by atoms with E-state index in [0.29, 0.717) is 36.5 Å². The lowest BCUT2D eigenvalue weighted by atomic mass is 9.96. The summed E-state index contributed by atoms with van der Waals surface area (Å²) in [6, 6.07) is 25.1. The fraction of sp³-hybridized carbons (Fsp3) is 0.185. The van der Waals surface area contributed by atoms with Gasteiger partial charge in [0.25, 0.3) is 0 Å². The van der Waals surface area contributed by atoms with Gasteiger partial charge in [-0.3, -0.25) is 4.90 Å². The molecule has 174 valence electrons. The van der Waals surface area contributed by atoms with E-state index in [1.807, 2.05) is 30.3 Å². The first-order valence-electron chi connectivity index (χ1n) is 11.2. The maximum Gasteiger partial charge on any atom is 0.243 e. The summed E-state index contributed by atoms with van der Waals surface area (Å²) in [5.41, 5.74) is 1.75. The van der Waals surface area contributed by atoms with Gasteiger partial charge in [0.15, 0.2) is 0 Å². The molecule has 1 aliphatic heterocycles. The van der Waals surface area contributed by atoms with E-state index in [1.165, 1.54) is 28.6 Å². The van der Waals surface area contributed by atoms with E-state index in [0.717, 1.165) is 16.5 Å². The summed E-state index contributed by atoms with van der Waals surface area (Å²) >= 11 is 0. The third kappa shape index (κ3) is 4.34. The van der Waals surface area contributed by atoms with Crippen molar-refractivity contribution in [2.45, 2.75) is 10.9 Å². The molecule has 1 heterocycles. The summed E-state index contributed by atoms with van der Waals surface area (Å²) in [6.45, 7) is 1.63. The van der Waals surface area contributed by atoms with Crippen LogP contribution < -0.4 is 0 Å². The van der Waals surface area contributed by atoms with Gasteiger partial charge in [0, 0.05) is 31.6 Å². The molecule has 4 nitrogen and oxygen atoms in total. The highest BCUT2D eigenvalue weighted by Gasteiger charge is 2.33. The zero-order valence-electron chi connectivity index (χ0n) is 18.4. The Balaban J connectivity index is 1.42. The molecule has 34 heavy (non-hydrogen) atoms. The van der Waals surface area contributed by atoms with Crippen LogP contribution >= 0.6 is 0 Å². The lowest BCUT2D eigenvalue weighted by molar-refractivity contribution is 0.155. The van der Waals surface area contributed by atoms with Crippen LogP contribution in [0.25, 0.3) is 10.8 Å². The zero-order chi connectivity index (χ0) is 23.7. The van der Waals surface area contributed by atoms with Gasteiger partial charge < -0.3 is 0 Å². The van der Waals surface area contributed by atoms with Crippen LogP contribution in [0.5, 0.6) is 0 Å². The van der Waals surface area contributed by atoms with Gasteiger partial charge in [0.05, 0.1) is 10.9 Å². The number of fused-ring (bicyclic) bond motifs is 1. The molecule has 7 heteroatoms. The largest absolute Gasteiger partial charge is 0.290 e. The van der Waals surface area contributed by atoms with Crippen molar-refractivity contribution in [1.82, 2.24) is 9.21 Å². The first kappa shape index (κ1) is 22.7. The number of sulfonamides is 1. The lowest BCUT2D eigenvalue weighted by Crippen LogP contribution is -2.49. The molecule has 0 N–H and O–H groups in total. The number of nitrogens with zero attached hydrogens (tertiary/aromatic N) is 2. The SMILES string of the molecule is O=S(=O)(c1cccc2ccccc12)N1CCN(C(c2ccc(F)cc2)c2ccc(F)cc2)CC1. The first-order valence-corrected chi connectivity index (χ1v) is 12.6. The van der Waals surface area contributed by atoms with Crippen LogP contribution in [-0.2, 0) is 10.0 Å². The van der Waals surface area contributed by atoms with Crippen LogP contribution in [0.4, 0.5) is 8.78 Å². The Bertz CT molecular complexity index is 1350. The smallest absolute Gasteiger partial charge is 0.243 e. The van der Waals surface area contributed by atoms with E-state index in [9.17, 15) is 17.2 Å². The molecule has 5 rings (SSSR count). The number of hydrogen-bond acceptors (Lipinski definition) is 3. The highest BCUT2D eigenvalue weighted by molar-refractivity contribution is 7.89. The fourth-order valence-electron chi connectivity index (χ4n) is 4.67. The van der Waals surface area contributed by atoms with Crippen molar-refractivity contribution in [2.75, 3.05) is 26.2 Å². The first-order chi connectivity index (χ1) is 16.4. The predicted octanol–water partition coefficient (Wildman–Crippen LogP) is 5.21. The van der Waals surface area contributed by atoms with E-state index in [1.54, 1.807) is 36.4 Å². The van der Waals surface area contributed by atoms with Gasteiger partial charge in [-0.1, -0.05) is 60.7 Å². The van der Waals surface area contributed by atoms with Gasteiger partial charge in [-0.05, 0) is 46.8 Å². The van der Waals surface area contributed by atoms with Crippen molar-refractivity contribution in [2.24, 2.45) is 0 Å². The number of benzene rings is 4. The monoisotopic (exact) mass is 478 g/mol. The van der Waals surface area contributed by atoms with Crippen molar-refractivity contribution >= 4 is 20.8 Å². The molecule has 1 aliphatic rings. The third-order valence-corrected chi connectivity index (χ3v) is 8.33. The minimum Gasteiger partial charge on any atom is -0.290 e. The van der Waals surface area contributed by atoms with Crippen LogP contribution in [0.3, 0.4) is 0 Å². The average Bonchev–Trinajstić information content (AvgIpc) is 2.86. The number of piperazine rings is 1. The summed E-state index contributed by atoms with van der Waals surface area (Å²) in [4.78, 5) is 2.47. The molecule has 0 bridgehead atoms. The Morgan fingerprint density at radius 1 is 0.647 bits per heavy atom. The topological polar surface area (TPSA) is 40.6 Å². The molecule has 0 aliphatic carbocycles. The van der Waals surface area contributed by atoms with Crippen molar-refractivity contribution < 1.29 is 17.2 Å². The van der Waals surface area contributed by atoms with E-state index in [2.05, 4.69) is 4.90 Å². The maximum atomic E-state index is 13.6. The number of hydrogen-bond donors (Lipinski definition) is 0. The van der Waals surface area contributed by atoms with Gasteiger partial charge in [-0.15, -0.1) is 0 Å². The Morgan fingerprint density at radius 2 is 1.18 bits per heavy atom. The Kier molecular flexibility index (Phi) is 6.16. The van der Waals surface area contributed by atoms with E-state index in [4.69, 9.17) is 0 Å². The Hall–Kier alpha value is -3.13. The van der Waals surface area contributed by atoms with Gasteiger partial charge in [0.2, 0.25) is 10.0 Å². The van der Waals surface area contributed by atoms with Gasteiger partial charge >= 0.3 is 0 Å². The zero-order valence-corrected chi connectivity index (χ0v) is 19.3. The van der Waals surface area contributed by atoms with Gasteiger partial charge in [0.1, 0.15) is 11.6 Å². The summed E-state index contributed by atoms with van der Waals surface area (Å²) in [5.74, 6) is -0.653. The van der Waals surface area contributed by atoms with Crippen LogP contribution in [0.1, 0.15) is 17.2 Å². The molecule has 1 saturated heterocycles. The summed E-state index contributed by atoms with van der Waals surface area (Å²) in [7, 11) is -3.67. The minimum absolute atomic E-state index is 0.233. The second kappa shape index (κ2) is 9.25. The van der Waals surface area contributed by atoms with Crippen molar-refractivity contribution in [3.8, 4) is 0 Å². The molecule has 0 aromatic heterocycles. The average molecular weight is 479 g/mol. The molecular formula is C27H24F2N2O2S. The molecule has 0 radical (unpaired) electrons. The van der Waals surface area contributed by atoms with Crippen LogP contribution in [0.15, 0.2) is 95.9 Å². The molecule has 0 unspecified atom stereocenters. The molecule has 1 fully saturated rings. The number of rotatable bonds is 5. The number of halogens is 2. The van der Waals surface area contributed by atoms with Gasteiger partial charge in [-0.2, -0.15) is 4.31 Å². The normalized spacial score (nSPS) is 15.7. The predicted molar refractivity (Wildman–Crippen MR) is 129 cm³/mol. The van der Waals surface area contributed by atoms with E-state index >= 15 is 0 Å². The standard InChI is InChI=1S/C27H24F2N2O2S/c28-23-12-8-21(9-13-23)27(22-10-14-24(29)15-11-22)30-16-18-31(19-17-30)34(32,33)26-7-3-5-20-4-1-2-6-25(20)26/h1-15,27H,16-19H2.